The van der Waals surface area contributed by atoms with Crippen LogP contribution in [0.3, 0.4) is 0 Å². The van der Waals surface area contributed by atoms with Gasteiger partial charge in [-0.3, -0.25) is 4.79 Å². The fourth-order valence-electron chi connectivity index (χ4n) is 2.97. The first-order valence-corrected chi connectivity index (χ1v) is 8.30. The normalized spacial score (nSPS) is 10.7. The lowest BCUT2D eigenvalue weighted by molar-refractivity contribution is 0.101. The van der Waals surface area contributed by atoms with Crippen molar-refractivity contribution in [3.63, 3.8) is 0 Å². The van der Waals surface area contributed by atoms with Crippen LogP contribution in [0.15, 0.2) is 36.4 Å². The molecule has 0 N–H and O–H groups in total. The van der Waals surface area contributed by atoms with Gasteiger partial charge in [-0.25, -0.2) is 0 Å². The zero-order chi connectivity index (χ0) is 16.1. The van der Waals surface area contributed by atoms with Gasteiger partial charge in [-0.05, 0) is 54.5 Å². The standard InChI is InChI=1S/C21H26O/c1-5-7-17-10-9-15(3)20(13-17)21-14-18(8-6-2)11-12-19(21)16(4)22/h9-14H,5-8H2,1-4H3. The molecule has 1 nitrogen and oxygen atoms in total. The second-order valence-electron chi connectivity index (χ2n) is 6.09. The summed E-state index contributed by atoms with van der Waals surface area (Å²) in [5.41, 5.74) is 7.01. The lowest BCUT2D eigenvalue weighted by atomic mass is 9.90. The van der Waals surface area contributed by atoms with Gasteiger partial charge >= 0.3 is 0 Å². The van der Waals surface area contributed by atoms with Crippen molar-refractivity contribution >= 4 is 5.78 Å². The minimum absolute atomic E-state index is 0.137. The number of benzene rings is 2. The molecular formula is C21H26O. The summed E-state index contributed by atoms with van der Waals surface area (Å²) in [5.74, 6) is 0.137. The van der Waals surface area contributed by atoms with Crippen LogP contribution in [-0.2, 0) is 12.8 Å². The number of hydrogen-bond acceptors (Lipinski definition) is 1. The van der Waals surface area contributed by atoms with Crippen LogP contribution >= 0.6 is 0 Å². The summed E-state index contributed by atoms with van der Waals surface area (Å²) in [4.78, 5) is 12.0. The molecule has 0 bridgehead atoms. The van der Waals surface area contributed by atoms with Crippen LogP contribution in [0.4, 0.5) is 0 Å². The van der Waals surface area contributed by atoms with Gasteiger partial charge in [0.1, 0.15) is 0 Å². The largest absolute Gasteiger partial charge is 0.294 e. The maximum absolute atomic E-state index is 12.0. The van der Waals surface area contributed by atoms with E-state index in [1.807, 2.05) is 6.07 Å². The van der Waals surface area contributed by atoms with Crippen molar-refractivity contribution in [2.75, 3.05) is 0 Å². The van der Waals surface area contributed by atoms with Crippen LogP contribution in [0.1, 0.15) is 60.7 Å². The monoisotopic (exact) mass is 294 g/mol. The van der Waals surface area contributed by atoms with Crippen molar-refractivity contribution in [2.24, 2.45) is 0 Å². The second-order valence-corrected chi connectivity index (χ2v) is 6.09. The molecule has 0 saturated heterocycles. The molecule has 2 rings (SSSR count). The molecule has 0 spiro atoms. The lowest BCUT2D eigenvalue weighted by Gasteiger charge is -2.14. The zero-order valence-electron chi connectivity index (χ0n) is 14.2. The summed E-state index contributed by atoms with van der Waals surface area (Å²) in [7, 11) is 0. The molecule has 0 saturated carbocycles. The number of carbonyl (C=O) groups is 1. The number of rotatable bonds is 6. The van der Waals surface area contributed by atoms with E-state index >= 15 is 0 Å². The molecule has 0 atom stereocenters. The third-order valence-electron chi connectivity index (χ3n) is 4.13. The predicted molar refractivity (Wildman–Crippen MR) is 94.6 cm³/mol. The number of carbonyl (C=O) groups excluding carboxylic acids is 1. The van der Waals surface area contributed by atoms with E-state index in [2.05, 4.69) is 51.1 Å². The van der Waals surface area contributed by atoms with E-state index in [9.17, 15) is 4.79 Å². The van der Waals surface area contributed by atoms with Crippen LogP contribution in [0.2, 0.25) is 0 Å². The van der Waals surface area contributed by atoms with Gasteiger partial charge in [-0.1, -0.05) is 63.1 Å². The highest BCUT2D eigenvalue weighted by Crippen LogP contribution is 2.30. The van der Waals surface area contributed by atoms with Gasteiger partial charge in [0.2, 0.25) is 0 Å². The van der Waals surface area contributed by atoms with Crippen LogP contribution < -0.4 is 0 Å². The smallest absolute Gasteiger partial charge is 0.160 e. The summed E-state index contributed by atoms with van der Waals surface area (Å²) in [6.45, 7) is 8.17. The quantitative estimate of drug-likeness (QED) is 0.618. The Kier molecular flexibility index (Phi) is 5.54. The first-order valence-electron chi connectivity index (χ1n) is 8.30. The Morgan fingerprint density at radius 1 is 0.864 bits per heavy atom. The van der Waals surface area contributed by atoms with Gasteiger partial charge in [0.05, 0.1) is 0 Å². The maximum Gasteiger partial charge on any atom is 0.160 e. The van der Waals surface area contributed by atoms with Gasteiger partial charge in [0.15, 0.2) is 5.78 Å². The molecule has 116 valence electrons. The van der Waals surface area contributed by atoms with Crippen LogP contribution in [0.25, 0.3) is 11.1 Å². The third-order valence-corrected chi connectivity index (χ3v) is 4.13. The molecule has 0 aromatic heterocycles. The van der Waals surface area contributed by atoms with Crippen LogP contribution in [0, 0.1) is 6.92 Å². The minimum Gasteiger partial charge on any atom is -0.294 e. The van der Waals surface area contributed by atoms with E-state index in [0.29, 0.717) is 0 Å². The molecule has 1 heteroatoms. The summed E-state index contributed by atoms with van der Waals surface area (Å²) < 4.78 is 0. The Labute approximate surface area is 134 Å². The average molecular weight is 294 g/mol. The Bertz CT molecular complexity index is 668. The SMILES string of the molecule is CCCc1ccc(C)c(-c2cc(CCC)ccc2C(C)=O)c1. The Morgan fingerprint density at radius 2 is 1.41 bits per heavy atom. The zero-order valence-corrected chi connectivity index (χ0v) is 14.2. The van der Waals surface area contributed by atoms with Crippen molar-refractivity contribution in [1.82, 2.24) is 0 Å². The van der Waals surface area contributed by atoms with E-state index in [1.165, 1.54) is 22.3 Å². The molecule has 2 aromatic carbocycles. The van der Waals surface area contributed by atoms with E-state index in [-0.39, 0.29) is 5.78 Å². The summed E-state index contributed by atoms with van der Waals surface area (Å²) in [6, 6.07) is 12.9. The number of aryl methyl sites for hydroxylation is 3. The fourth-order valence-corrected chi connectivity index (χ4v) is 2.97. The average Bonchev–Trinajstić information content (AvgIpc) is 2.49. The van der Waals surface area contributed by atoms with Crippen molar-refractivity contribution in [2.45, 2.75) is 53.4 Å². The molecule has 0 unspecified atom stereocenters. The highest BCUT2D eigenvalue weighted by molar-refractivity contribution is 6.01. The molecule has 0 fully saturated rings. The summed E-state index contributed by atoms with van der Waals surface area (Å²) in [6.07, 6.45) is 4.39. The third kappa shape index (κ3) is 3.65. The Balaban J connectivity index is 2.60. The molecule has 0 heterocycles. The van der Waals surface area contributed by atoms with Gasteiger partial charge in [-0.15, -0.1) is 0 Å². The van der Waals surface area contributed by atoms with E-state index in [4.69, 9.17) is 0 Å². The lowest BCUT2D eigenvalue weighted by Crippen LogP contribution is -2.00. The number of Topliss-reactive ketones (excluding diaryl/α,β-unsaturated/α-hetero) is 1. The molecule has 0 aliphatic carbocycles. The fraction of sp³-hybridized carbons (Fsp3) is 0.381. The van der Waals surface area contributed by atoms with Crippen molar-refractivity contribution in [3.05, 3.63) is 58.7 Å². The molecular weight excluding hydrogens is 268 g/mol. The highest BCUT2D eigenvalue weighted by atomic mass is 16.1. The van der Waals surface area contributed by atoms with E-state index in [1.54, 1.807) is 6.92 Å². The van der Waals surface area contributed by atoms with Gasteiger partial charge in [0.25, 0.3) is 0 Å². The van der Waals surface area contributed by atoms with Crippen LogP contribution in [0.5, 0.6) is 0 Å². The molecule has 0 radical (unpaired) electrons. The van der Waals surface area contributed by atoms with Crippen LogP contribution in [-0.4, -0.2) is 5.78 Å². The molecule has 22 heavy (non-hydrogen) atoms. The number of ketones is 1. The molecule has 0 aliphatic heterocycles. The first-order chi connectivity index (χ1) is 10.6. The van der Waals surface area contributed by atoms with Gasteiger partial charge in [-0.2, -0.15) is 0 Å². The molecule has 0 amide bonds. The Morgan fingerprint density at radius 3 is 1.95 bits per heavy atom. The minimum atomic E-state index is 0.137. The van der Waals surface area contributed by atoms with Crippen molar-refractivity contribution < 1.29 is 4.79 Å². The highest BCUT2D eigenvalue weighted by Gasteiger charge is 2.12. The predicted octanol–water partition coefficient (Wildman–Crippen LogP) is 5.77. The van der Waals surface area contributed by atoms with Gasteiger partial charge in [0, 0.05) is 5.56 Å². The summed E-state index contributed by atoms with van der Waals surface area (Å²) in [5, 5.41) is 0. The van der Waals surface area contributed by atoms with Crippen molar-refractivity contribution in [1.29, 1.82) is 0 Å². The Hall–Kier alpha value is -1.89. The van der Waals surface area contributed by atoms with E-state index in [0.717, 1.165) is 36.8 Å². The molecule has 2 aromatic rings. The maximum atomic E-state index is 12.0. The second kappa shape index (κ2) is 7.40. The number of hydrogen-bond donors (Lipinski definition) is 0. The van der Waals surface area contributed by atoms with Crippen molar-refractivity contribution in [3.8, 4) is 11.1 Å². The molecule has 0 aliphatic rings. The first kappa shape index (κ1) is 16.5. The van der Waals surface area contributed by atoms with E-state index < -0.39 is 0 Å². The van der Waals surface area contributed by atoms with Gasteiger partial charge < -0.3 is 0 Å². The summed E-state index contributed by atoms with van der Waals surface area (Å²) >= 11 is 0. The topological polar surface area (TPSA) is 17.1 Å².